The largest absolute Gasteiger partial charge is 0.348 e. The van der Waals surface area contributed by atoms with Crippen LogP contribution in [0, 0.1) is 6.92 Å². The van der Waals surface area contributed by atoms with Crippen LogP contribution in [-0.2, 0) is 24.3 Å². The molecule has 0 aliphatic carbocycles. The fraction of sp³-hybridized carbons (Fsp3) is 0.417. The highest BCUT2D eigenvalue weighted by Gasteiger charge is 2.31. The van der Waals surface area contributed by atoms with Gasteiger partial charge in [-0.1, -0.05) is 30.3 Å². The Hall–Kier alpha value is -3.06. The molecule has 0 saturated carbocycles. The lowest BCUT2D eigenvalue weighted by atomic mass is 9.96. The van der Waals surface area contributed by atoms with Crippen molar-refractivity contribution in [3.63, 3.8) is 0 Å². The van der Waals surface area contributed by atoms with Crippen LogP contribution in [0.2, 0.25) is 0 Å². The van der Waals surface area contributed by atoms with Crippen molar-refractivity contribution in [1.82, 2.24) is 24.8 Å². The summed E-state index contributed by atoms with van der Waals surface area (Å²) in [5.74, 6) is 3.08. The van der Waals surface area contributed by atoms with Gasteiger partial charge in [0, 0.05) is 42.5 Å². The molecule has 2 aliphatic rings. The van der Waals surface area contributed by atoms with Crippen LogP contribution in [0.15, 0.2) is 42.7 Å². The molecule has 31 heavy (non-hydrogen) atoms. The molecule has 0 radical (unpaired) electrons. The molecule has 7 nitrogen and oxygen atoms in total. The minimum atomic E-state index is 0.142. The summed E-state index contributed by atoms with van der Waals surface area (Å²) in [6, 6.07) is 10.1. The first-order chi connectivity index (χ1) is 15.2. The van der Waals surface area contributed by atoms with Crippen molar-refractivity contribution < 1.29 is 4.79 Å². The van der Waals surface area contributed by atoms with Crippen molar-refractivity contribution in [3.8, 4) is 0 Å². The Morgan fingerprint density at radius 1 is 1.13 bits per heavy atom. The molecule has 4 heterocycles. The van der Waals surface area contributed by atoms with Crippen LogP contribution >= 0.6 is 0 Å². The molecule has 3 aromatic rings. The van der Waals surface area contributed by atoms with E-state index in [1.807, 2.05) is 29.3 Å². The summed E-state index contributed by atoms with van der Waals surface area (Å²) in [6.45, 7) is 5.39. The van der Waals surface area contributed by atoms with Crippen LogP contribution in [0.3, 0.4) is 0 Å². The Labute approximate surface area is 182 Å². The maximum atomic E-state index is 12.8. The summed E-state index contributed by atoms with van der Waals surface area (Å²) < 4.78 is 0. The Bertz CT molecular complexity index is 1050. The number of amides is 1. The third-order valence-electron chi connectivity index (χ3n) is 6.34. The predicted molar refractivity (Wildman–Crippen MR) is 119 cm³/mol. The third kappa shape index (κ3) is 4.23. The van der Waals surface area contributed by atoms with Gasteiger partial charge in [0.1, 0.15) is 17.5 Å². The number of piperidine rings is 1. The highest BCUT2D eigenvalue weighted by atomic mass is 16.2. The second-order valence-electron chi connectivity index (χ2n) is 8.54. The number of rotatable bonds is 5. The number of carbonyl (C=O) groups is 1. The smallest absolute Gasteiger partial charge is 0.228 e. The summed E-state index contributed by atoms with van der Waals surface area (Å²) in [6.07, 6.45) is 7.08. The number of aromatic nitrogens is 4. The number of imidazole rings is 1. The maximum absolute atomic E-state index is 12.8. The van der Waals surface area contributed by atoms with E-state index in [-0.39, 0.29) is 11.8 Å². The van der Waals surface area contributed by atoms with Crippen molar-refractivity contribution in [2.24, 2.45) is 0 Å². The predicted octanol–water partition coefficient (Wildman–Crippen LogP) is 3.37. The van der Waals surface area contributed by atoms with Gasteiger partial charge in [0.25, 0.3) is 0 Å². The van der Waals surface area contributed by atoms with Crippen LogP contribution in [0.4, 0.5) is 5.82 Å². The van der Waals surface area contributed by atoms with Gasteiger partial charge >= 0.3 is 0 Å². The number of H-pyrrole nitrogens is 1. The van der Waals surface area contributed by atoms with Gasteiger partial charge in [-0.2, -0.15) is 0 Å². The van der Waals surface area contributed by atoms with Gasteiger partial charge in [0.15, 0.2) is 0 Å². The summed E-state index contributed by atoms with van der Waals surface area (Å²) >= 11 is 0. The van der Waals surface area contributed by atoms with Crippen LogP contribution < -0.4 is 4.90 Å². The normalized spacial score (nSPS) is 19.5. The van der Waals surface area contributed by atoms with Gasteiger partial charge in [0.05, 0.1) is 13.1 Å². The lowest BCUT2D eigenvalue weighted by Gasteiger charge is -2.33. The van der Waals surface area contributed by atoms with E-state index in [2.05, 4.69) is 33.9 Å². The second-order valence-corrected chi connectivity index (χ2v) is 8.54. The average Bonchev–Trinajstić information content (AvgIpc) is 3.29. The Morgan fingerprint density at radius 3 is 2.81 bits per heavy atom. The third-order valence-corrected chi connectivity index (χ3v) is 6.34. The molecule has 7 heteroatoms. The minimum Gasteiger partial charge on any atom is -0.348 e. The molecule has 1 atom stereocenters. The standard InChI is InChI=1S/C24H28N6O/c1-17-20-9-10-22(31)30(14-18-6-3-2-4-7-18)24(20)28-23(27-17)19-8-5-13-29(15-19)16-21-25-11-12-26-21/h2-4,6-7,11-12,19H,5,8-10,13-16H2,1H3,(H,25,26). The Kier molecular flexibility index (Phi) is 5.51. The number of benzene rings is 1. The first-order valence-electron chi connectivity index (χ1n) is 11.1. The summed E-state index contributed by atoms with van der Waals surface area (Å²) in [5, 5.41) is 0. The van der Waals surface area contributed by atoms with Gasteiger partial charge in [-0.05, 0) is 38.3 Å². The van der Waals surface area contributed by atoms with E-state index < -0.39 is 0 Å². The molecular formula is C24H28N6O. The molecule has 0 bridgehead atoms. The van der Waals surface area contributed by atoms with Crippen LogP contribution in [-0.4, -0.2) is 43.8 Å². The average molecular weight is 417 g/mol. The first kappa shape index (κ1) is 19.9. The zero-order valence-corrected chi connectivity index (χ0v) is 17.9. The second kappa shape index (κ2) is 8.59. The lowest BCUT2D eigenvalue weighted by molar-refractivity contribution is -0.119. The van der Waals surface area contributed by atoms with Gasteiger partial charge < -0.3 is 4.98 Å². The van der Waals surface area contributed by atoms with E-state index in [1.165, 1.54) is 0 Å². The number of hydrogen-bond donors (Lipinski definition) is 1. The van der Waals surface area contributed by atoms with Crippen molar-refractivity contribution in [2.45, 2.75) is 51.6 Å². The monoisotopic (exact) mass is 416 g/mol. The molecular weight excluding hydrogens is 388 g/mol. The Morgan fingerprint density at radius 2 is 2.00 bits per heavy atom. The van der Waals surface area contributed by atoms with E-state index in [4.69, 9.17) is 9.97 Å². The molecule has 160 valence electrons. The molecule has 1 aromatic carbocycles. The fourth-order valence-corrected chi connectivity index (χ4v) is 4.72. The molecule has 2 aromatic heterocycles. The SMILES string of the molecule is Cc1nc(C2CCCN(Cc3ncc[nH]3)C2)nc2c1CCC(=O)N2Cc1ccccc1. The van der Waals surface area contributed by atoms with Gasteiger partial charge in [-0.25, -0.2) is 15.0 Å². The molecule has 1 N–H and O–H groups in total. The summed E-state index contributed by atoms with van der Waals surface area (Å²) in [7, 11) is 0. The van der Waals surface area contributed by atoms with Gasteiger partial charge in [-0.3, -0.25) is 14.6 Å². The van der Waals surface area contributed by atoms with E-state index in [9.17, 15) is 4.79 Å². The molecule has 0 spiro atoms. The van der Waals surface area contributed by atoms with Crippen molar-refractivity contribution >= 4 is 11.7 Å². The number of carbonyl (C=O) groups excluding carboxylic acids is 1. The summed E-state index contributed by atoms with van der Waals surface area (Å²) in [4.78, 5) is 34.6. The maximum Gasteiger partial charge on any atom is 0.228 e. The number of fused-ring (bicyclic) bond motifs is 1. The van der Waals surface area contributed by atoms with Gasteiger partial charge in [0.2, 0.25) is 5.91 Å². The quantitative estimate of drug-likeness (QED) is 0.690. The number of aryl methyl sites for hydroxylation is 1. The Balaban J connectivity index is 1.42. The van der Waals surface area contributed by atoms with Crippen LogP contribution in [0.25, 0.3) is 0 Å². The molecule has 2 aliphatic heterocycles. The number of anilines is 1. The van der Waals surface area contributed by atoms with E-state index in [0.29, 0.717) is 13.0 Å². The van der Waals surface area contributed by atoms with Crippen molar-refractivity contribution in [1.29, 1.82) is 0 Å². The molecule has 1 unspecified atom stereocenters. The van der Waals surface area contributed by atoms with Crippen LogP contribution in [0.5, 0.6) is 0 Å². The van der Waals surface area contributed by atoms with E-state index in [0.717, 1.165) is 73.2 Å². The highest BCUT2D eigenvalue weighted by Crippen LogP contribution is 2.33. The zero-order chi connectivity index (χ0) is 21.2. The molecule has 5 rings (SSSR count). The molecule has 1 fully saturated rings. The fourth-order valence-electron chi connectivity index (χ4n) is 4.72. The number of nitrogens with one attached hydrogen (secondary N) is 1. The summed E-state index contributed by atoms with van der Waals surface area (Å²) in [5.41, 5.74) is 3.24. The van der Waals surface area contributed by atoms with E-state index >= 15 is 0 Å². The minimum absolute atomic E-state index is 0.142. The van der Waals surface area contributed by atoms with Crippen LogP contribution in [0.1, 0.15) is 53.7 Å². The first-order valence-corrected chi connectivity index (χ1v) is 11.1. The topological polar surface area (TPSA) is 78.0 Å². The lowest BCUT2D eigenvalue weighted by Crippen LogP contribution is -2.38. The number of likely N-dealkylation sites (tertiary alicyclic amines) is 1. The number of nitrogens with zero attached hydrogens (tertiary/aromatic N) is 5. The zero-order valence-electron chi connectivity index (χ0n) is 17.9. The molecule has 1 saturated heterocycles. The van der Waals surface area contributed by atoms with Gasteiger partial charge in [-0.15, -0.1) is 0 Å². The highest BCUT2D eigenvalue weighted by molar-refractivity contribution is 5.95. The molecule has 1 amide bonds. The number of hydrogen-bond acceptors (Lipinski definition) is 5. The van der Waals surface area contributed by atoms with Crippen molar-refractivity contribution in [2.75, 3.05) is 18.0 Å². The number of aromatic amines is 1. The van der Waals surface area contributed by atoms with Crippen molar-refractivity contribution in [3.05, 3.63) is 71.2 Å². The van der Waals surface area contributed by atoms with E-state index in [1.54, 1.807) is 6.20 Å².